The van der Waals surface area contributed by atoms with E-state index >= 15 is 0 Å². The largest absolute Gasteiger partial charge is 0.493 e. The lowest BCUT2D eigenvalue weighted by Crippen LogP contribution is -2.57. The van der Waals surface area contributed by atoms with Crippen LogP contribution in [0.25, 0.3) is 0 Å². The molecule has 3 aromatic rings. The SMILES string of the molecule is C#Cc1ccc(OCC2(C)COC2)c(C2CC(=O)NC(c3cc(Cl)ccc3C)C23C(=O)Nc2cc(Cl)ccc23)c1. The van der Waals surface area contributed by atoms with Gasteiger partial charge in [0.2, 0.25) is 11.8 Å². The van der Waals surface area contributed by atoms with Crippen molar-refractivity contribution < 1.29 is 19.1 Å². The Morgan fingerprint density at radius 1 is 1.05 bits per heavy atom. The molecule has 2 amide bonds. The standard InChI is InChI=1S/C32H28Cl2N2O4/c1-4-19-6-10-27(40-17-31(3)15-39-16-31)23(11-19)25-14-28(37)36-29(22-12-20(33)7-5-18(22)2)32(25)24-9-8-21(34)13-26(24)35-30(32)38/h1,5-13,25,29H,14-17H2,2-3H3,(H,35,38)(H,36,37). The summed E-state index contributed by atoms with van der Waals surface area (Å²) in [6.45, 7) is 5.68. The number of piperidine rings is 1. The van der Waals surface area contributed by atoms with Gasteiger partial charge in [-0.3, -0.25) is 9.59 Å². The van der Waals surface area contributed by atoms with E-state index in [2.05, 4.69) is 23.5 Å². The number of carbonyl (C=O) groups is 2. The minimum Gasteiger partial charge on any atom is -0.493 e. The third kappa shape index (κ3) is 4.25. The molecular formula is C32H28Cl2N2O4. The van der Waals surface area contributed by atoms with Crippen LogP contribution in [0.3, 0.4) is 0 Å². The zero-order valence-electron chi connectivity index (χ0n) is 22.1. The van der Waals surface area contributed by atoms with Crippen LogP contribution >= 0.6 is 23.2 Å². The van der Waals surface area contributed by atoms with Crippen LogP contribution in [-0.4, -0.2) is 31.6 Å². The van der Waals surface area contributed by atoms with E-state index in [1.165, 1.54) is 0 Å². The summed E-state index contributed by atoms with van der Waals surface area (Å²) in [7, 11) is 0. The van der Waals surface area contributed by atoms with Gasteiger partial charge in [0.05, 0.1) is 25.9 Å². The van der Waals surface area contributed by atoms with Crippen molar-refractivity contribution in [1.29, 1.82) is 0 Å². The topological polar surface area (TPSA) is 76.7 Å². The number of benzene rings is 3. The second kappa shape index (κ2) is 9.85. The molecule has 1 spiro atoms. The third-order valence-corrected chi connectivity index (χ3v) is 8.80. The highest BCUT2D eigenvalue weighted by molar-refractivity contribution is 6.31. The molecule has 0 aromatic heterocycles. The predicted octanol–water partition coefficient (Wildman–Crippen LogP) is 5.93. The summed E-state index contributed by atoms with van der Waals surface area (Å²) < 4.78 is 11.8. The molecule has 2 saturated heterocycles. The van der Waals surface area contributed by atoms with Crippen LogP contribution in [0, 0.1) is 24.7 Å². The Bertz CT molecular complexity index is 1590. The van der Waals surface area contributed by atoms with Crippen LogP contribution in [0.4, 0.5) is 5.69 Å². The summed E-state index contributed by atoms with van der Waals surface area (Å²) in [5, 5.41) is 7.22. The van der Waals surface area contributed by atoms with Crippen molar-refractivity contribution in [3.8, 4) is 18.1 Å². The zero-order chi connectivity index (χ0) is 28.2. The first-order valence-electron chi connectivity index (χ1n) is 13.1. The molecular weight excluding hydrogens is 547 g/mol. The summed E-state index contributed by atoms with van der Waals surface area (Å²) in [5.41, 5.74) is 3.00. The highest BCUT2D eigenvalue weighted by Crippen LogP contribution is 2.59. The normalized spacial score (nSPS) is 24.5. The fraction of sp³-hybridized carbons (Fsp3) is 0.312. The van der Waals surface area contributed by atoms with Gasteiger partial charge in [-0.05, 0) is 66.1 Å². The van der Waals surface area contributed by atoms with Gasteiger partial charge in [-0.2, -0.15) is 0 Å². The fourth-order valence-corrected chi connectivity index (χ4v) is 6.62. The van der Waals surface area contributed by atoms with Gasteiger partial charge in [-0.25, -0.2) is 0 Å². The van der Waals surface area contributed by atoms with Crippen LogP contribution in [0.2, 0.25) is 10.0 Å². The second-order valence-electron chi connectivity index (χ2n) is 11.3. The van der Waals surface area contributed by atoms with Gasteiger partial charge in [-0.15, -0.1) is 6.42 Å². The van der Waals surface area contributed by atoms with Crippen LogP contribution in [0.15, 0.2) is 54.6 Å². The van der Waals surface area contributed by atoms with Gasteiger partial charge >= 0.3 is 0 Å². The Hall–Kier alpha value is -3.50. The molecule has 204 valence electrons. The molecule has 3 aliphatic heterocycles. The van der Waals surface area contributed by atoms with Crippen LogP contribution in [-0.2, 0) is 19.7 Å². The molecule has 8 heteroatoms. The number of nitrogens with one attached hydrogen (secondary N) is 2. The summed E-state index contributed by atoms with van der Waals surface area (Å²) >= 11 is 12.8. The highest BCUT2D eigenvalue weighted by Gasteiger charge is 2.62. The molecule has 3 unspecified atom stereocenters. The summed E-state index contributed by atoms with van der Waals surface area (Å²) in [4.78, 5) is 27.9. The van der Waals surface area contributed by atoms with Gasteiger partial charge in [0, 0.05) is 44.6 Å². The van der Waals surface area contributed by atoms with E-state index in [1.807, 2.05) is 43.3 Å². The molecule has 0 radical (unpaired) electrons. The molecule has 0 aliphatic carbocycles. The smallest absolute Gasteiger partial charge is 0.238 e. The number of amides is 2. The molecule has 40 heavy (non-hydrogen) atoms. The second-order valence-corrected chi connectivity index (χ2v) is 12.1. The average Bonchev–Trinajstić information content (AvgIpc) is 3.19. The Morgan fingerprint density at radius 2 is 1.80 bits per heavy atom. The maximum Gasteiger partial charge on any atom is 0.238 e. The van der Waals surface area contributed by atoms with Crippen molar-refractivity contribution >= 4 is 40.7 Å². The van der Waals surface area contributed by atoms with Crippen molar-refractivity contribution in [3.63, 3.8) is 0 Å². The van der Waals surface area contributed by atoms with Gasteiger partial charge in [0.1, 0.15) is 11.2 Å². The summed E-state index contributed by atoms with van der Waals surface area (Å²) in [6, 6.07) is 15.7. The molecule has 3 aliphatic rings. The fourth-order valence-electron chi connectivity index (χ4n) is 6.27. The first-order chi connectivity index (χ1) is 19.1. The minimum atomic E-state index is -1.24. The Balaban J connectivity index is 1.60. The van der Waals surface area contributed by atoms with Crippen molar-refractivity contribution in [2.45, 2.75) is 37.6 Å². The first-order valence-corrected chi connectivity index (χ1v) is 13.9. The number of anilines is 1. The van der Waals surface area contributed by atoms with Gasteiger partial charge in [0.15, 0.2) is 0 Å². The maximum absolute atomic E-state index is 14.4. The van der Waals surface area contributed by atoms with E-state index in [0.29, 0.717) is 52.4 Å². The Kier molecular flexibility index (Phi) is 6.58. The lowest BCUT2D eigenvalue weighted by molar-refractivity contribution is -0.131. The zero-order valence-corrected chi connectivity index (χ0v) is 23.7. The van der Waals surface area contributed by atoms with Crippen molar-refractivity contribution in [3.05, 3.63) is 92.5 Å². The van der Waals surface area contributed by atoms with Crippen LogP contribution in [0.1, 0.15) is 53.1 Å². The predicted molar refractivity (Wildman–Crippen MR) is 155 cm³/mol. The molecule has 3 heterocycles. The molecule has 3 aromatic carbocycles. The number of hydrogen-bond acceptors (Lipinski definition) is 4. The minimum absolute atomic E-state index is 0.0519. The lowest BCUT2D eigenvalue weighted by atomic mass is 9.58. The number of fused-ring (bicyclic) bond motifs is 2. The summed E-state index contributed by atoms with van der Waals surface area (Å²) in [6.07, 6.45) is 5.88. The van der Waals surface area contributed by atoms with E-state index in [1.54, 1.807) is 18.2 Å². The van der Waals surface area contributed by atoms with E-state index in [4.69, 9.17) is 39.1 Å². The molecule has 0 saturated carbocycles. The van der Waals surface area contributed by atoms with E-state index < -0.39 is 17.4 Å². The quantitative estimate of drug-likeness (QED) is 0.370. The maximum atomic E-state index is 14.4. The lowest BCUT2D eigenvalue weighted by Gasteiger charge is -2.47. The van der Waals surface area contributed by atoms with Crippen molar-refractivity contribution in [1.82, 2.24) is 5.32 Å². The van der Waals surface area contributed by atoms with E-state index in [-0.39, 0.29) is 23.7 Å². The monoisotopic (exact) mass is 574 g/mol. The van der Waals surface area contributed by atoms with Crippen LogP contribution in [0.5, 0.6) is 5.75 Å². The average molecular weight is 575 g/mol. The van der Waals surface area contributed by atoms with Crippen molar-refractivity contribution in [2.75, 3.05) is 25.1 Å². The number of rotatable bonds is 5. The van der Waals surface area contributed by atoms with E-state index in [0.717, 1.165) is 16.7 Å². The number of halogens is 2. The van der Waals surface area contributed by atoms with Crippen molar-refractivity contribution in [2.24, 2.45) is 5.41 Å². The number of ether oxygens (including phenoxy) is 2. The van der Waals surface area contributed by atoms with Crippen LogP contribution < -0.4 is 15.4 Å². The third-order valence-electron chi connectivity index (χ3n) is 8.33. The molecule has 6 rings (SSSR count). The van der Waals surface area contributed by atoms with Gasteiger partial charge in [-0.1, -0.05) is 48.2 Å². The number of aryl methyl sites for hydroxylation is 1. The first kappa shape index (κ1) is 26.7. The molecule has 2 fully saturated rings. The van der Waals surface area contributed by atoms with E-state index in [9.17, 15) is 9.59 Å². The number of carbonyl (C=O) groups excluding carboxylic acids is 2. The highest BCUT2D eigenvalue weighted by atomic mass is 35.5. The number of hydrogen-bond donors (Lipinski definition) is 2. The van der Waals surface area contributed by atoms with Gasteiger partial charge < -0.3 is 20.1 Å². The molecule has 2 N–H and O–H groups in total. The summed E-state index contributed by atoms with van der Waals surface area (Å²) in [5.74, 6) is 2.25. The molecule has 6 nitrogen and oxygen atoms in total. The van der Waals surface area contributed by atoms with Gasteiger partial charge in [0.25, 0.3) is 0 Å². The Morgan fingerprint density at radius 3 is 2.52 bits per heavy atom. The number of terminal acetylenes is 1. The molecule has 0 bridgehead atoms. The molecule has 3 atom stereocenters. The Labute approximate surface area is 243 Å².